The molecule has 0 saturated carbocycles. The van der Waals surface area contributed by atoms with Gasteiger partial charge in [0.2, 0.25) is 5.89 Å². The molecule has 5 nitrogen and oxygen atoms in total. The van der Waals surface area contributed by atoms with Crippen LogP contribution in [0.4, 0.5) is 14.5 Å². The molecule has 0 atom stereocenters. The molecule has 1 heterocycles. The fourth-order valence-corrected chi connectivity index (χ4v) is 2.72. The molecule has 0 saturated heterocycles. The minimum absolute atomic E-state index is 0.120. The van der Waals surface area contributed by atoms with Crippen LogP contribution in [-0.4, -0.2) is 10.9 Å². The van der Waals surface area contributed by atoms with Crippen molar-refractivity contribution < 1.29 is 18.0 Å². The molecule has 0 spiro atoms. The molecule has 0 fully saturated rings. The van der Waals surface area contributed by atoms with Gasteiger partial charge in [0.1, 0.15) is 17.2 Å². The predicted molar refractivity (Wildman–Crippen MR) is 98.5 cm³/mol. The van der Waals surface area contributed by atoms with Crippen LogP contribution >= 0.6 is 0 Å². The normalized spacial score (nSPS) is 10.6. The van der Waals surface area contributed by atoms with Gasteiger partial charge < -0.3 is 9.73 Å². The molecule has 28 heavy (non-hydrogen) atoms. The van der Waals surface area contributed by atoms with Crippen molar-refractivity contribution in [3.8, 4) is 17.5 Å². The smallest absolute Gasteiger partial charge is 0.258 e. The van der Waals surface area contributed by atoms with E-state index in [1.165, 1.54) is 18.2 Å². The Balaban J connectivity index is 1.63. The van der Waals surface area contributed by atoms with Gasteiger partial charge in [0.25, 0.3) is 5.91 Å². The summed E-state index contributed by atoms with van der Waals surface area (Å²) in [5, 5.41) is 11.3. The van der Waals surface area contributed by atoms with Crippen LogP contribution in [-0.2, 0) is 0 Å². The molecule has 0 aliphatic heterocycles. The summed E-state index contributed by atoms with van der Waals surface area (Å²) in [7, 11) is 0. The maximum absolute atomic E-state index is 14.0. The molecule has 3 aromatic carbocycles. The Labute approximate surface area is 157 Å². The maximum atomic E-state index is 14.0. The number of carbonyl (C=O) groups excluding carboxylic acids is 1. The van der Waals surface area contributed by atoms with Gasteiger partial charge in [0.05, 0.1) is 22.8 Å². The summed E-state index contributed by atoms with van der Waals surface area (Å²) in [6, 6.07) is 16.2. The number of amides is 1. The molecule has 0 radical (unpaired) electrons. The van der Waals surface area contributed by atoms with Gasteiger partial charge in [-0.15, -0.1) is 0 Å². The van der Waals surface area contributed by atoms with E-state index in [9.17, 15) is 13.6 Å². The molecule has 0 aliphatic carbocycles. The summed E-state index contributed by atoms with van der Waals surface area (Å²) in [4.78, 5) is 16.6. The Bertz CT molecular complexity index is 1260. The number of rotatable bonds is 3. The van der Waals surface area contributed by atoms with Crippen LogP contribution in [0.2, 0.25) is 0 Å². The second-order valence-electron chi connectivity index (χ2n) is 5.94. The third kappa shape index (κ3) is 3.19. The molecular weight excluding hydrogens is 364 g/mol. The summed E-state index contributed by atoms with van der Waals surface area (Å²) in [5.74, 6) is -1.80. The minimum atomic E-state index is -0.791. The van der Waals surface area contributed by atoms with Gasteiger partial charge in [-0.1, -0.05) is 12.1 Å². The monoisotopic (exact) mass is 375 g/mol. The molecule has 0 bridgehead atoms. The number of fused-ring (bicyclic) bond motifs is 1. The Morgan fingerprint density at radius 3 is 2.61 bits per heavy atom. The largest absolute Gasteiger partial charge is 0.436 e. The zero-order chi connectivity index (χ0) is 19.7. The van der Waals surface area contributed by atoms with E-state index in [2.05, 4.69) is 10.3 Å². The number of benzene rings is 3. The summed E-state index contributed by atoms with van der Waals surface area (Å²) >= 11 is 0. The fourth-order valence-electron chi connectivity index (χ4n) is 2.72. The molecule has 136 valence electrons. The first-order valence-corrected chi connectivity index (χ1v) is 8.21. The first kappa shape index (κ1) is 17.4. The molecule has 0 unspecified atom stereocenters. The Morgan fingerprint density at radius 1 is 1.04 bits per heavy atom. The topological polar surface area (TPSA) is 78.9 Å². The first-order valence-electron chi connectivity index (χ1n) is 8.21. The average Bonchev–Trinajstić information content (AvgIpc) is 3.11. The number of nitrogens with zero attached hydrogens (tertiary/aromatic N) is 2. The predicted octanol–water partition coefficient (Wildman–Crippen LogP) is 4.90. The van der Waals surface area contributed by atoms with Crippen LogP contribution in [0.15, 0.2) is 65.1 Å². The molecule has 1 aromatic heterocycles. The SMILES string of the molecule is N#Cc1ccc(C(=O)Nc2ccc3oc(-c4ccccc4F)nc3c2)c(F)c1. The zero-order valence-electron chi connectivity index (χ0n) is 14.2. The summed E-state index contributed by atoms with van der Waals surface area (Å²) in [6.07, 6.45) is 0. The van der Waals surface area contributed by atoms with Gasteiger partial charge in [-0.2, -0.15) is 5.26 Å². The van der Waals surface area contributed by atoms with E-state index in [1.54, 1.807) is 42.5 Å². The second kappa shape index (κ2) is 6.93. The van der Waals surface area contributed by atoms with Gasteiger partial charge in [0.15, 0.2) is 5.58 Å². The number of aromatic nitrogens is 1. The van der Waals surface area contributed by atoms with E-state index in [4.69, 9.17) is 9.68 Å². The molecule has 4 aromatic rings. The number of halogens is 2. The van der Waals surface area contributed by atoms with Crippen LogP contribution < -0.4 is 5.32 Å². The molecule has 1 amide bonds. The second-order valence-corrected chi connectivity index (χ2v) is 5.94. The Morgan fingerprint density at radius 2 is 1.86 bits per heavy atom. The highest BCUT2D eigenvalue weighted by molar-refractivity contribution is 6.05. The number of anilines is 1. The van der Waals surface area contributed by atoms with Crippen LogP contribution in [0.3, 0.4) is 0 Å². The van der Waals surface area contributed by atoms with Crippen LogP contribution in [0.25, 0.3) is 22.6 Å². The number of carbonyl (C=O) groups is 1. The van der Waals surface area contributed by atoms with Crippen LogP contribution in [0.1, 0.15) is 15.9 Å². The standard InChI is InChI=1S/C21H11F2N3O2/c22-16-4-2-1-3-15(16)21-26-18-10-13(6-8-19(18)28-21)25-20(27)14-7-5-12(11-24)9-17(14)23/h1-10H,(H,25,27). The van der Waals surface area contributed by atoms with Gasteiger partial charge in [-0.05, 0) is 48.5 Å². The van der Waals surface area contributed by atoms with E-state index < -0.39 is 17.5 Å². The zero-order valence-corrected chi connectivity index (χ0v) is 14.2. The van der Waals surface area contributed by atoms with Gasteiger partial charge >= 0.3 is 0 Å². The van der Waals surface area contributed by atoms with E-state index in [-0.39, 0.29) is 22.6 Å². The summed E-state index contributed by atoms with van der Waals surface area (Å²) in [5.41, 5.74) is 1.36. The molecule has 7 heteroatoms. The van der Waals surface area contributed by atoms with E-state index in [1.807, 2.05) is 0 Å². The lowest BCUT2D eigenvalue weighted by Gasteiger charge is -2.06. The quantitative estimate of drug-likeness (QED) is 0.553. The highest BCUT2D eigenvalue weighted by atomic mass is 19.1. The van der Waals surface area contributed by atoms with Crippen molar-refractivity contribution in [2.24, 2.45) is 0 Å². The third-order valence-electron chi connectivity index (χ3n) is 4.09. The minimum Gasteiger partial charge on any atom is -0.436 e. The van der Waals surface area contributed by atoms with Crippen LogP contribution in [0.5, 0.6) is 0 Å². The molecule has 4 rings (SSSR count). The van der Waals surface area contributed by atoms with Crippen molar-refractivity contribution in [2.45, 2.75) is 0 Å². The number of nitrogens with one attached hydrogen (secondary N) is 1. The molecular formula is C21H11F2N3O2. The lowest BCUT2D eigenvalue weighted by Crippen LogP contribution is -2.13. The fraction of sp³-hybridized carbons (Fsp3) is 0. The summed E-state index contributed by atoms with van der Waals surface area (Å²) in [6.45, 7) is 0. The van der Waals surface area contributed by atoms with Crippen LogP contribution in [0, 0.1) is 23.0 Å². The molecule has 0 aliphatic rings. The van der Waals surface area contributed by atoms with Crippen molar-refractivity contribution >= 4 is 22.7 Å². The van der Waals surface area contributed by atoms with Gasteiger partial charge in [0, 0.05) is 5.69 Å². The third-order valence-corrected chi connectivity index (χ3v) is 4.09. The van der Waals surface area contributed by atoms with Crippen molar-refractivity contribution in [2.75, 3.05) is 5.32 Å². The van der Waals surface area contributed by atoms with E-state index >= 15 is 0 Å². The van der Waals surface area contributed by atoms with Crippen molar-refractivity contribution in [1.29, 1.82) is 5.26 Å². The van der Waals surface area contributed by atoms with Gasteiger partial charge in [-0.3, -0.25) is 4.79 Å². The number of hydrogen-bond acceptors (Lipinski definition) is 4. The highest BCUT2D eigenvalue weighted by Gasteiger charge is 2.15. The number of nitriles is 1. The van der Waals surface area contributed by atoms with Crippen molar-refractivity contribution in [3.05, 3.63) is 83.4 Å². The number of hydrogen-bond donors (Lipinski definition) is 1. The average molecular weight is 375 g/mol. The maximum Gasteiger partial charge on any atom is 0.258 e. The van der Waals surface area contributed by atoms with Crippen molar-refractivity contribution in [1.82, 2.24) is 4.98 Å². The Kier molecular flexibility index (Phi) is 4.30. The Hall–Kier alpha value is -4.05. The lowest BCUT2D eigenvalue weighted by atomic mass is 10.1. The van der Waals surface area contributed by atoms with E-state index in [0.29, 0.717) is 16.8 Å². The number of oxazole rings is 1. The van der Waals surface area contributed by atoms with Gasteiger partial charge in [-0.25, -0.2) is 13.8 Å². The summed E-state index contributed by atoms with van der Waals surface area (Å²) < 4.78 is 33.5. The van der Waals surface area contributed by atoms with Crippen molar-refractivity contribution in [3.63, 3.8) is 0 Å². The molecule has 1 N–H and O–H groups in total. The lowest BCUT2D eigenvalue weighted by molar-refractivity contribution is 0.102. The first-order chi connectivity index (χ1) is 13.5. The highest BCUT2D eigenvalue weighted by Crippen LogP contribution is 2.28. The van der Waals surface area contributed by atoms with E-state index in [0.717, 1.165) is 6.07 Å².